The van der Waals surface area contributed by atoms with E-state index in [1.807, 2.05) is 0 Å². The van der Waals surface area contributed by atoms with Crippen molar-refractivity contribution in [2.45, 2.75) is 6.92 Å². The van der Waals surface area contributed by atoms with Crippen LogP contribution in [-0.2, 0) is 4.79 Å². The number of hydrogen-bond donors (Lipinski definition) is 0. The number of anilines is 1. The highest BCUT2D eigenvalue weighted by molar-refractivity contribution is 9.10. The third kappa shape index (κ3) is 1.85. The van der Waals surface area contributed by atoms with Gasteiger partial charge in [-0.2, -0.15) is 0 Å². The number of fused-ring (bicyclic) bond motifs is 1. The zero-order valence-electron chi connectivity index (χ0n) is 8.88. The Morgan fingerprint density at radius 2 is 2.12 bits per heavy atom. The van der Waals surface area contributed by atoms with Gasteiger partial charge in [0.25, 0.3) is 11.7 Å². The molecule has 0 fully saturated rings. The van der Waals surface area contributed by atoms with Gasteiger partial charge >= 0.3 is 0 Å². The van der Waals surface area contributed by atoms with Gasteiger partial charge in [-0.3, -0.25) is 14.5 Å². The Morgan fingerprint density at radius 1 is 1.41 bits per heavy atom. The highest BCUT2D eigenvalue weighted by atomic mass is 79.9. The lowest BCUT2D eigenvalue weighted by molar-refractivity contribution is -0.114. The second-order valence-corrected chi connectivity index (χ2v) is 4.29. The third-order valence-corrected chi connectivity index (χ3v) is 3.04. The molecule has 3 nitrogen and oxygen atoms in total. The summed E-state index contributed by atoms with van der Waals surface area (Å²) < 4.78 is 13.6. The molecule has 0 aromatic heterocycles. The van der Waals surface area contributed by atoms with Gasteiger partial charge in [-0.05, 0) is 35.0 Å². The summed E-state index contributed by atoms with van der Waals surface area (Å²) in [5, 5.41) is 0. The molecule has 0 bridgehead atoms. The van der Waals surface area contributed by atoms with Crippen molar-refractivity contribution in [2.24, 2.45) is 0 Å². The molecule has 1 aliphatic rings. The minimum absolute atomic E-state index is 0.0924. The molecular weight excluding hydrogens is 289 g/mol. The van der Waals surface area contributed by atoms with Crippen molar-refractivity contribution >= 4 is 33.3 Å². The topological polar surface area (TPSA) is 37.4 Å². The summed E-state index contributed by atoms with van der Waals surface area (Å²) in [4.78, 5) is 24.5. The molecule has 1 heterocycles. The molecular formula is C12H7BrFNO2. The quantitative estimate of drug-likeness (QED) is 0.588. The highest BCUT2D eigenvalue weighted by Gasteiger charge is 2.36. The lowest BCUT2D eigenvalue weighted by atomic mass is 10.1. The van der Waals surface area contributed by atoms with Crippen LogP contribution in [0.15, 0.2) is 16.6 Å². The number of halogens is 2. The van der Waals surface area contributed by atoms with Crippen LogP contribution in [0.25, 0.3) is 0 Å². The van der Waals surface area contributed by atoms with E-state index in [1.165, 1.54) is 17.0 Å². The summed E-state index contributed by atoms with van der Waals surface area (Å²) in [6.45, 7) is 1.72. The number of amides is 1. The fourth-order valence-corrected chi connectivity index (χ4v) is 1.95. The summed E-state index contributed by atoms with van der Waals surface area (Å²) in [5.41, 5.74) is 0.490. The van der Waals surface area contributed by atoms with Crippen LogP contribution in [0.5, 0.6) is 0 Å². The molecule has 1 amide bonds. The van der Waals surface area contributed by atoms with Crippen LogP contribution in [-0.4, -0.2) is 18.2 Å². The lowest BCUT2D eigenvalue weighted by Gasteiger charge is -2.12. The average Bonchev–Trinajstić information content (AvgIpc) is 2.52. The Balaban J connectivity index is 2.54. The molecule has 1 aromatic rings. The molecule has 0 aliphatic carbocycles. The van der Waals surface area contributed by atoms with Crippen LogP contribution in [0.4, 0.5) is 10.1 Å². The summed E-state index contributed by atoms with van der Waals surface area (Å²) in [5.74, 6) is 3.51. The van der Waals surface area contributed by atoms with Gasteiger partial charge in [0.05, 0.1) is 22.3 Å². The number of hydrogen-bond acceptors (Lipinski definition) is 2. The number of nitrogens with zero attached hydrogens (tertiary/aromatic N) is 1. The Bertz CT molecular complexity index is 586. The molecule has 0 spiro atoms. The number of carbonyl (C=O) groups is 2. The van der Waals surface area contributed by atoms with E-state index < -0.39 is 17.5 Å². The summed E-state index contributed by atoms with van der Waals surface area (Å²) in [6.07, 6.45) is 0. The van der Waals surface area contributed by atoms with Crippen LogP contribution in [0.1, 0.15) is 17.3 Å². The first-order valence-electron chi connectivity index (χ1n) is 4.81. The molecule has 1 aliphatic heterocycles. The van der Waals surface area contributed by atoms with E-state index in [0.29, 0.717) is 0 Å². The number of rotatable bonds is 1. The fourth-order valence-electron chi connectivity index (χ4n) is 1.60. The second-order valence-electron chi connectivity index (χ2n) is 3.43. The monoisotopic (exact) mass is 295 g/mol. The molecule has 0 atom stereocenters. The number of ketones is 1. The van der Waals surface area contributed by atoms with E-state index in [-0.39, 0.29) is 22.3 Å². The zero-order chi connectivity index (χ0) is 12.6. The molecule has 0 unspecified atom stereocenters. The van der Waals surface area contributed by atoms with E-state index in [9.17, 15) is 14.0 Å². The van der Waals surface area contributed by atoms with Crippen LogP contribution in [0, 0.1) is 17.7 Å². The minimum Gasteiger partial charge on any atom is -0.293 e. The maximum Gasteiger partial charge on any atom is 0.300 e. The average molecular weight is 296 g/mol. The van der Waals surface area contributed by atoms with Gasteiger partial charge in [-0.25, -0.2) is 4.39 Å². The van der Waals surface area contributed by atoms with Crippen molar-refractivity contribution < 1.29 is 14.0 Å². The van der Waals surface area contributed by atoms with Gasteiger partial charge in [0, 0.05) is 0 Å². The van der Waals surface area contributed by atoms with Crippen molar-refractivity contribution in [1.82, 2.24) is 0 Å². The first-order chi connectivity index (χ1) is 8.06. The fraction of sp³-hybridized carbons (Fsp3) is 0.167. The standard InChI is InChI=1S/C12H7BrFNO2/c1-2-3-4-15-10-6-9(14)8(13)5-7(10)11(16)12(15)17/h5-6H,4H2,1H3. The highest BCUT2D eigenvalue weighted by Crippen LogP contribution is 2.32. The smallest absolute Gasteiger partial charge is 0.293 e. The molecule has 0 N–H and O–H groups in total. The van der Waals surface area contributed by atoms with Crippen LogP contribution in [0.2, 0.25) is 0 Å². The van der Waals surface area contributed by atoms with Crippen molar-refractivity contribution in [3.63, 3.8) is 0 Å². The normalized spacial score (nSPS) is 13.5. The van der Waals surface area contributed by atoms with E-state index in [2.05, 4.69) is 27.8 Å². The van der Waals surface area contributed by atoms with Crippen molar-refractivity contribution in [1.29, 1.82) is 0 Å². The summed E-state index contributed by atoms with van der Waals surface area (Å²) in [6, 6.07) is 2.49. The zero-order valence-corrected chi connectivity index (χ0v) is 10.5. The second kappa shape index (κ2) is 4.30. The maximum atomic E-state index is 13.4. The van der Waals surface area contributed by atoms with Gasteiger partial charge < -0.3 is 0 Å². The first kappa shape index (κ1) is 11.8. The molecule has 86 valence electrons. The minimum atomic E-state index is -0.666. The maximum absolute atomic E-state index is 13.4. The summed E-state index contributed by atoms with van der Waals surface area (Å²) in [7, 11) is 0. The molecule has 17 heavy (non-hydrogen) atoms. The van der Waals surface area contributed by atoms with Crippen LogP contribution in [0.3, 0.4) is 0 Å². The number of benzene rings is 1. The van der Waals surface area contributed by atoms with Gasteiger partial charge in [0.15, 0.2) is 0 Å². The molecule has 1 aromatic carbocycles. The lowest BCUT2D eigenvalue weighted by Crippen LogP contribution is -2.29. The third-order valence-electron chi connectivity index (χ3n) is 2.43. The van der Waals surface area contributed by atoms with E-state index in [4.69, 9.17) is 0 Å². The van der Waals surface area contributed by atoms with Crippen molar-refractivity contribution in [3.05, 3.63) is 28.0 Å². The van der Waals surface area contributed by atoms with Gasteiger partial charge in [-0.1, -0.05) is 5.92 Å². The van der Waals surface area contributed by atoms with Crippen molar-refractivity contribution in [2.75, 3.05) is 11.4 Å². The molecule has 2 rings (SSSR count). The Kier molecular flexibility index (Phi) is 2.99. The Morgan fingerprint density at radius 3 is 2.76 bits per heavy atom. The molecule has 5 heteroatoms. The number of Topliss-reactive ketones (excluding diaryl/α,β-unsaturated/α-hetero) is 1. The number of carbonyl (C=O) groups excluding carboxylic acids is 2. The molecule has 0 saturated carbocycles. The SMILES string of the molecule is CC#CCN1C(=O)C(=O)c2cc(Br)c(F)cc21. The van der Waals surface area contributed by atoms with Crippen LogP contribution < -0.4 is 4.90 Å². The predicted molar refractivity (Wildman–Crippen MR) is 64.2 cm³/mol. The van der Waals surface area contributed by atoms with Gasteiger partial charge in [0.2, 0.25) is 0 Å². The van der Waals surface area contributed by atoms with E-state index in [0.717, 1.165) is 0 Å². The first-order valence-corrected chi connectivity index (χ1v) is 5.60. The van der Waals surface area contributed by atoms with Crippen molar-refractivity contribution in [3.8, 4) is 11.8 Å². The Labute approximate surface area is 106 Å². The van der Waals surface area contributed by atoms with Gasteiger partial charge in [-0.15, -0.1) is 5.92 Å². The van der Waals surface area contributed by atoms with Crippen LogP contribution >= 0.6 is 15.9 Å². The molecule has 0 radical (unpaired) electrons. The predicted octanol–water partition coefficient (Wildman–Crippen LogP) is 2.14. The van der Waals surface area contributed by atoms with E-state index >= 15 is 0 Å². The van der Waals surface area contributed by atoms with E-state index in [1.54, 1.807) is 6.92 Å². The molecule has 0 saturated heterocycles. The Hall–Kier alpha value is -1.67. The largest absolute Gasteiger partial charge is 0.300 e. The summed E-state index contributed by atoms with van der Waals surface area (Å²) >= 11 is 2.98. The van der Waals surface area contributed by atoms with Gasteiger partial charge in [0.1, 0.15) is 5.82 Å².